The van der Waals surface area contributed by atoms with Crippen molar-refractivity contribution in [3.63, 3.8) is 0 Å². The van der Waals surface area contributed by atoms with E-state index < -0.39 is 35.9 Å². The van der Waals surface area contributed by atoms with Crippen LogP contribution in [0.5, 0.6) is 5.75 Å². The van der Waals surface area contributed by atoms with Crippen LogP contribution in [-0.4, -0.2) is 51.2 Å². The second kappa shape index (κ2) is 8.61. The van der Waals surface area contributed by atoms with Gasteiger partial charge in [0.05, 0.1) is 13.5 Å². The first-order valence-electron chi connectivity index (χ1n) is 7.77. The van der Waals surface area contributed by atoms with Gasteiger partial charge in [-0.3, -0.25) is 14.4 Å². The molecule has 0 spiro atoms. The van der Waals surface area contributed by atoms with Crippen molar-refractivity contribution < 1.29 is 29.3 Å². The van der Waals surface area contributed by atoms with Gasteiger partial charge in [-0.05, 0) is 17.7 Å². The quantitative estimate of drug-likeness (QED) is 0.503. The lowest BCUT2D eigenvalue weighted by Crippen LogP contribution is -2.42. The fraction of sp³-hybridized carbons (Fsp3) is 0.235. The van der Waals surface area contributed by atoms with Crippen molar-refractivity contribution in [2.75, 3.05) is 7.11 Å². The number of rotatable bonds is 8. The van der Waals surface area contributed by atoms with Gasteiger partial charge in [0, 0.05) is 12.5 Å². The summed E-state index contributed by atoms with van der Waals surface area (Å²) < 4.78 is 5.06. The number of ether oxygens (including phenoxy) is 1. The Bertz CT molecular complexity index is 905. The van der Waals surface area contributed by atoms with Gasteiger partial charge < -0.3 is 25.3 Å². The molecule has 0 bridgehead atoms. The molecule has 1 amide bonds. The van der Waals surface area contributed by atoms with Crippen LogP contribution in [0.2, 0.25) is 0 Å². The Kier molecular flexibility index (Phi) is 6.26. The molecule has 1 unspecified atom stereocenters. The van der Waals surface area contributed by atoms with Crippen molar-refractivity contribution in [3.8, 4) is 5.75 Å². The summed E-state index contributed by atoms with van der Waals surface area (Å²) in [4.78, 5) is 52.3. The van der Waals surface area contributed by atoms with Gasteiger partial charge >= 0.3 is 11.9 Å². The maximum atomic E-state index is 12.2. The van der Waals surface area contributed by atoms with Crippen LogP contribution in [0.4, 0.5) is 0 Å². The van der Waals surface area contributed by atoms with Crippen LogP contribution in [0.25, 0.3) is 0 Å². The molecular formula is C17H17N3O7. The zero-order valence-corrected chi connectivity index (χ0v) is 14.3. The average Bonchev–Trinajstić information content (AvgIpc) is 2.60. The van der Waals surface area contributed by atoms with Gasteiger partial charge in [0.2, 0.25) is 0 Å². The number of hydrogen-bond donors (Lipinski definition) is 4. The fourth-order valence-electron chi connectivity index (χ4n) is 2.25. The highest BCUT2D eigenvalue weighted by molar-refractivity contribution is 5.95. The highest BCUT2D eigenvalue weighted by Crippen LogP contribution is 2.13. The number of nitrogens with one attached hydrogen (secondary N) is 2. The predicted molar refractivity (Wildman–Crippen MR) is 91.8 cm³/mol. The highest BCUT2D eigenvalue weighted by atomic mass is 16.5. The summed E-state index contributed by atoms with van der Waals surface area (Å²) in [5, 5.41) is 19.7. The number of nitrogens with zero attached hydrogens (tertiary/aromatic N) is 1. The maximum Gasteiger partial charge on any atom is 0.326 e. The lowest BCUT2D eigenvalue weighted by molar-refractivity contribution is -0.145. The van der Waals surface area contributed by atoms with Gasteiger partial charge in [-0.15, -0.1) is 0 Å². The number of aromatic amines is 1. The number of carbonyl (C=O) groups is 3. The van der Waals surface area contributed by atoms with Crippen molar-refractivity contribution in [2.45, 2.75) is 18.9 Å². The molecule has 0 saturated carbocycles. The number of carboxylic acid groups (broad SMARTS) is 2. The van der Waals surface area contributed by atoms with E-state index >= 15 is 0 Å². The molecule has 0 aliphatic rings. The summed E-state index contributed by atoms with van der Waals surface area (Å²) in [5.74, 6) is -2.99. The van der Waals surface area contributed by atoms with E-state index in [-0.39, 0.29) is 17.9 Å². The minimum atomic E-state index is -1.64. The van der Waals surface area contributed by atoms with Crippen molar-refractivity contribution in [1.29, 1.82) is 0 Å². The standard InChI is InChI=1S/C17H17N3O7/c1-27-10-4-2-9(3-5-10)6-13-18-11(7-14(21)20-13)16(24)19-12(17(25)26)8-15(22)23/h2-5,7,12H,6,8H2,1H3,(H,19,24)(H,22,23)(H,25,26)(H,18,20,21). The van der Waals surface area contributed by atoms with E-state index in [1.165, 1.54) is 7.11 Å². The molecule has 10 nitrogen and oxygen atoms in total. The number of hydrogen-bond acceptors (Lipinski definition) is 6. The van der Waals surface area contributed by atoms with Gasteiger partial charge in [0.15, 0.2) is 0 Å². The van der Waals surface area contributed by atoms with Crippen molar-refractivity contribution in [1.82, 2.24) is 15.3 Å². The van der Waals surface area contributed by atoms with Crippen LogP contribution in [0.1, 0.15) is 28.3 Å². The number of carbonyl (C=O) groups excluding carboxylic acids is 1. The highest BCUT2D eigenvalue weighted by Gasteiger charge is 2.24. The maximum absolute atomic E-state index is 12.2. The van der Waals surface area contributed by atoms with Crippen LogP contribution < -0.4 is 15.6 Å². The molecule has 4 N–H and O–H groups in total. The summed E-state index contributed by atoms with van der Waals surface area (Å²) in [6.07, 6.45) is -0.583. The molecule has 1 atom stereocenters. The Balaban J connectivity index is 2.19. The number of benzene rings is 1. The van der Waals surface area contributed by atoms with Gasteiger partial charge in [-0.1, -0.05) is 12.1 Å². The topological polar surface area (TPSA) is 159 Å². The Morgan fingerprint density at radius 2 is 1.89 bits per heavy atom. The molecule has 142 valence electrons. The van der Waals surface area contributed by atoms with Crippen molar-refractivity contribution in [3.05, 3.63) is 57.8 Å². The molecule has 10 heteroatoms. The van der Waals surface area contributed by atoms with Gasteiger partial charge in [-0.25, -0.2) is 9.78 Å². The SMILES string of the molecule is COc1ccc(Cc2nc(C(=O)NC(CC(=O)O)C(=O)O)cc(=O)[nH]2)cc1. The molecule has 2 aromatic rings. The molecule has 1 aromatic heterocycles. The van der Waals surface area contributed by atoms with Crippen molar-refractivity contribution >= 4 is 17.8 Å². The molecule has 27 heavy (non-hydrogen) atoms. The van der Waals surface area contributed by atoms with E-state index in [0.717, 1.165) is 11.6 Å². The lowest BCUT2D eigenvalue weighted by Gasteiger charge is -2.12. The van der Waals surface area contributed by atoms with Crippen LogP contribution in [0.3, 0.4) is 0 Å². The molecular weight excluding hydrogens is 358 g/mol. The van der Waals surface area contributed by atoms with Crippen LogP contribution in [0, 0.1) is 0 Å². The molecule has 0 saturated heterocycles. The summed E-state index contributed by atoms with van der Waals surface area (Å²) >= 11 is 0. The number of carboxylic acids is 2. The molecule has 1 aromatic carbocycles. The van der Waals surface area contributed by atoms with E-state index in [4.69, 9.17) is 14.9 Å². The Hall–Kier alpha value is -3.69. The Morgan fingerprint density at radius 3 is 2.44 bits per heavy atom. The summed E-state index contributed by atoms with van der Waals surface area (Å²) in [6.45, 7) is 0. The summed E-state index contributed by atoms with van der Waals surface area (Å²) in [5.41, 5.74) is -0.103. The number of H-pyrrole nitrogens is 1. The number of aliphatic carboxylic acids is 2. The first-order chi connectivity index (χ1) is 12.8. The van der Waals surface area contributed by atoms with E-state index in [1.807, 2.05) is 5.32 Å². The first kappa shape index (κ1) is 19.6. The summed E-state index contributed by atoms with van der Waals surface area (Å²) in [7, 11) is 1.53. The molecule has 0 aliphatic carbocycles. The fourth-order valence-corrected chi connectivity index (χ4v) is 2.25. The number of amides is 1. The zero-order chi connectivity index (χ0) is 20.0. The van der Waals surface area contributed by atoms with Gasteiger partial charge in [0.1, 0.15) is 23.3 Å². The second-order valence-electron chi connectivity index (χ2n) is 5.56. The largest absolute Gasteiger partial charge is 0.497 e. The van der Waals surface area contributed by atoms with E-state index in [9.17, 15) is 19.2 Å². The normalized spacial score (nSPS) is 11.4. The lowest BCUT2D eigenvalue weighted by atomic mass is 10.1. The summed E-state index contributed by atoms with van der Waals surface area (Å²) in [6, 6.07) is 6.26. The molecule has 0 radical (unpaired) electrons. The first-order valence-corrected chi connectivity index (χ1v) is 7.77. The monoisotopic (exact) mass is 375 g/mol. The molecule has 0 fully saturated rings. The molecule has 1 heterocycles. The third-order valence-electron chi connectivity index (χ3n) is 3.54. The van der Waals surface area contributed by atoms with Crippen molar-refractivity contribution in [2.24, 2.45) is 0 Å². The van der Waals surface area contributed by atoms with Gasteiger partial charge in [0.25, 0.3) is 11.5 Å². The predicted octanol–water partition coefficient (Wildman–Crippen LogP) is 0.0270. The zero-order valence-electron chi connectivity index (χ0n) is 14.3. The Morgan fingerprint density at radius 1 is 1.22 bits per heavy atom. The Labute approximate surface area is 152 Å². The van der Waals surface area contributed by atoms with Crippen LogP contribution >= 0.6 is 0 Å². The number of aromatic nitrogens is 2. The third-order valence-corrected chi connectivity index (χ3v) is 3.54. The minimum Gasteiger partial charge on any atom is -0.497 e. The van der Waals surface area contributed by atoms with E-state index in [0.29, 0.717) is 5.75 Å². The average molecular weight is 375 g/mol. The van der Waals surface area contributed by atoms with E-state index in [2.05, 4.69) is 9.97 Å². The third kappa shape index (κ3) is 5.66. The number of methoxy groups -OCH3 is 1. The molecule has 0 aliphatic heterocycles. The minimum absolute atomic E-state index is 0.197. The smallest absolute Gasteiger partial charge is 0.326 e. The van der Waals surface area contributed by atoms with Gasteiger partial charge in [-0.2, -0.15) is 0 Å². The second-order valence-corrected chi connectivity index (χ2v) is 5.56. The van der Waals surface area contributed by atoms with Crippen LogP contribution in [-0.2, 0) is 16.0 Å². The molecule has 2 rings (SSSR count). The van der Waals surface area contributed by atoms with E-state index in [1.54, 1.807) is 24.3 Å². The van der Waals surface area contributed by atoms with Crippen LogP contribution in [0.15, 0.2) is 35.1 Å².